The molecule has 24 heavy (non-hydrogen) atoms. The van der Waals surface area contributed by atoms with E-state index in [0.29, 0.717) is 18.9 Å². The molecule has 1 aliphatic carbocycles. The van der Waals surface area contributed by atoms with Gasteiger partial charge < -0.3 is 15.3 Å². The average Bonchev–Trinajstić information content (AvgIpc) is 3.36. The molecule has 3 unspecified atom stereocenters. The standard InChI is InChI=1S/C19H23N3O2/c1-12(16-6-2-4-14-5-3-9-20-18(14)16)21-19(24)22-11-15(23)10-17(22)13-7-8-13/h2-6,9,12-13,15,17,23H,7-8,10-11H2,1H3,(H,21,24). The fourth-order valence-electron chi connectivity index (χ4n) is 3.83. The second-order valence-electron chi connectivity index (χ2n) is 7.04. The Morgan fingerprint density at radius 3 is 2.92 bits per heavy atom. The fraction of sp³-hybridized carbons (Fsp3) is 0.474. The molecule has 1 saturated carbocycles. The number of amides is 2. The lowest BCUT2D eigenvalue weighted by molar-refractivity contribution is 0.166. The Labute approximate surface area is 141 Å². The van der Waals surface area contributed by atoms with Crippen molar-refractivity contribution in [3.8, 4) is 0 Å². The molecule has 1 aromatic heterocycles. The summed E-state index contributed by atoms with van der Waals surface area (Å²) in [7, 11) is 0. The number of carbonyl (C=O) groups is 1. The number of benzene rings is 1. The van der Waals surface area contributed by atoms with Crippen LogP contribution in [0, 0.1) is 5.92 Å². The van der Waals surface area contributed by atoms with E-state index in [1.807, 2.05) is 42.2 Å². The topological polar surface area (TPSA) is 65.5 Å². The number of β-amino-alcohol motifs (C(OH)–C–C–N with tert-alkyl or cyclic N) is 1. The minimum atomic E-state index is -0.393. The maximum Gasteiger partial charge on any atom is 0.318 e. The van der Waals surface area contributed by atoms with Crippen LogP contribution in [-0.4, -0.2) is 39.7 Å². The summed E-state index contributed by atoms with van der Waals surface area (Å²) in [6, 6.07) is 9.96. The second-order valence-corrected chi connectivity index (χ2v) is 7.04. The Morgan fingerprint density at radius 2 is 2.12 bits per heavy atom. The van der Waals surface area contributed by atoms with Crippen molar-refractivity contribution < 1.29 is 9.90 Å². The molecule has 1 saturated heterocycles. The van der Waals surface area contributed by atoms with Crippen LogP contribution in [0.4, 0.5) is 4.79 Å². The molecule has 0 bridgehead atoms. The molecule has 5 heteroatoms. The molecule has 2 aliphatic rings. The maximum atomic E-state index is 12.7. The van der Waals surface area contributed by atoms with E-state index >= 15 is 0 Å². The molecule has 1 aromatic carbocycles. The van der Waals surface area contributed by atoms with Crippen LogP contribution in [-0.2, 0) is 0 Å². The summed E-state index contributed by atoms with van der Waals surface area (Å²) in [6.45, 7) is 2.42. The van der Waals surface area contributed by atoms with Gasteiger partial charge in [-0.25, -0.2) is 4.79 Å². The van der Waals surface area contributed by atoms with Crippen LogP contribution in [0.2, 0.25) is 0 Å². The Hall–Kier alpha value is -2.14. The van der Waals surface area contributed by atoms with E-state index in [1.54, 1.807) is 6.20 Å². The molecule has 4 rings (SSSR count). The molecule has 2 fully saturated rings. The molecule has 0 spiro atoms. The summed E-state index contributed by atoms with van der Waals surface area (Å²) >= 11 is 0. The van der Waals surface area contributed by atoms with Gasteiger partial charge in [-0.2, -0.15) is 0 Å². The summed E-state index contributed by atoms with van der Waals surface area (Å²) in [6.07, 6.45) is 4.44. The smallest absolute Gasteiger partial charge is 0.318 e. The van der Waals surface area contributed by atoms with Crippen molar-refractivity contribution in [3.63, 3.8) is 0 Å². The summed E-state index contributed by atoms with van der Waals surface area (Å²) in [5.41, 5.74) is 1.94. The van der Waals surface area contributed by atoms with Crippen LogP contribution in [0.3, 0.4) is 0 Å². The highest BCUT2D eigenvalue weighted by molar-refractivity contribution is 5.83. The number of aliphatic hydroxyl groups excluding tert-OH is 1. The molecule has 2 aromatic rings. The number of nitrogens with zero attached hydrogens (tertiary/aromatic N) is 2. The quantitative estimate of drug-likeness (QED) is 0.912. The van der Waals surface area contributed by atoms with Gasteiger partial charge in [0, 0.05) is 29.7 Å². The lowest BCUT2D eigenvalue weighted by Gasteiger charge is -2.27. The van der Waals surface area contributed by atoms with Gasteiger partial charge >= 0.3 is 6.03 Å². The van der Waals surface area contributed by atoms with Crippen LogP contribution in [0.25, 0.3) is 10.9 Å². The van der Waals surface area contributed by atoms with Crippen LogP contribution in [0.1, 0.15) is 37.8 Å². The van der Waals surface area contributed by atoms with Crippen molar-refractivity contribution >= 4 is 16.9 Å². The van der Waals surface area contributed by atoms with Crippen molar-refractivity contribution in [1.82, 2.24) is 15.2 Å². The zero-order valence-corrected chi connectivity index (χ0v) is 13.9. The molecule has 3 atom stereocenters. The minimum absolute atomic E-state index is 0.0797. The SMILES string of the molecule is CC(NC(=O)N1CC(O)CC1C1CC1)c1cccc2cccnc12. The van der Waals surface area contributed by atoms with Crippen LogP contribution < -0.4 is 5.32 Å². The van der Waals surface area contributed by atoms with Gasteiger partial charge in [0.2, 0.25) is 0 Å². The van der Waals surface area contributed by atoms with Gasteiger partial charge in [-0.1, -0.05) is 24.3 Å². The monoisotopic (exact) mass is 325 g/mol. The molecule has 1 aliphatic heterocycles. The van der Waals surface area contributed by atoms with Crippen LogP contribution in [0.15, 0.2) is 36.5 Å². The zero-order chi connectivity index (χ0) is 16.7. The van der Waals surface area contributed by atoms with E-state index < -0.39 is 6.10 Å². The summed E-state index contributed by atoms with van der Waals surface area (Å²) in [5.74, 6) is 0.572. The first kappa shape index (κ1) is 15.4. The highest BCUT2D eigenvalue weighted by Crippen LogP contribution is 2.40. The first-order valence-electron chi connectivity index (χ1n) is 8.72. The summed E-state index contributed by atoms with van der Waals surface area (Å²) < 4.78 is 0. The van der Waals surface area contributed by atoms with E-state index in [-0.39, 0.29) is 18.1 Å². The number of hydrogen-bond donors (Lipinski definition) is 2. The van der Waals surface area contributed by atoms with Crippen molar-refractivity contribution in [2.45, 2.75) is 44.4 Å². The number of hydrogen-bond acceptors (Lipinski definition) is 3. The molecule has 0 radical (unpaired) electrons. The van der Waals surface area contributed by atoms with Crippen LogP contribution in [0.5, 0.6) is 0 Å². The molecule has 2 N–H and O–H groups in total. The van der Waals surface area contributed by atoms with Gasteiger partial charge in [0.15, 0.2) is 0 Å². The Bertz CT molecular complexity index is 754. The number of pyridine rings is 1. The third-order valence-corrected chi connectivity index (χ3v) is 5.22. The van der Waals surface area contributed by atoms with E-state index in [0.717, 1.165) is 16.5 Å². The number of para-hydroxylation sites is 1. The Kier molecular flexibility index (Phi) is 3.88. The number of aromatic nitrogens is 1. The van der Waals surface area contributed by atoms with Crippen molar-refractivity contribution in [3.05, 3.63) is 42.1 Å². The lowest BCUT2D eigenvalue weighted by atomic mass is 10.0. The normalized spacial score (nSPS) is 25.0. The highest BCUT2D eigenvalue weighted by atomic mass is 16.3. The number of carbonyl (C=O) groups excluding carboxylic acids is 1. The average molecular weight is 325 g/mol. The second kappa shape index (κ2) is 6.06. The summed E-state index contributed by atoms with van der Waals surface area (Å²) in [4.78, 5) is 19.0. The number of nitrogens with one attached hydrogen (secondary N) is 1. The maximum absolute atomic E-state index is 12.7. The number of rotatable bonds is 3. The third kappa shape index (κ3) is 2.84. The summed E-state index contributed by atoms with van der Waals surface area (Å²) in [5, 5.41) is 14.1. The Balaban J connectivity index is 1.52. The van der Waals surface area contributed by atoms with Crippen LogP contribution >= 0.6 is 0 Å². The minimum Gasteiger partial charge on any atom is -0.391 e. The molecule has 126 valence electrons. The lowest BCUT2D eigenvalue weighted by Crippen LogP contribution is -2.44. The van der Waals surface area contributed by atoms with Gasteiger partial charge in [-0.05, 0) is 38.2 Å². The van der Waals surface area contributed by atoms with Gasteiger partial charge in [0.1, 0.15) is 0 Å². The number of fused-ring (bicyclic) bond motifs is 1. The molecule has 2 heterocycles. The largest absolute Gasteiger partial charge is 0.391 e. The van der Waals surface area contributed by atoms with E-state index in [4.69, 9.17) is 0 Å². The van der Waals surface area contributed by atoms with Gasteiger partial charge in [-0.3, -0.25) is 4.98 Å². The predicted molar refractivity (Wildman–Crippen MR) is 92.5 cm³/mol. The number of urea groups is 1. The van der Waals surface area contributed by atoms with E-state index in [1.165, 1.54) is 12.8 Å². The fourth-order valence-corrected chi connectivity index (χ4v) is 3.83. The van der Waals surface area contributed by atoms with Crippen molar-refractivity contribution in [1.29, 1.82) is 0 Å². The third-order valence-electron chi connectivity index (χ3n) is 5.22. The zero-order valence-electron chi connectivity index (χ0n) is 13.9. The van der Waals surface area contributed by atoms with Gasteiger partial charge in [-0.15, -0.1) is 0 Å². The van der Waals surface area contributed by atoms with Crippen molar-refractivity contribution in [2.24, 2.45) is 5.92 Å². The molecular weight excluding hydrogens is 302 g/mol. The van der Waals surface area contributed by atoms with Gasteiger partial charge in [0.25, 0.3) is 0 Å². The molecule has 2 amide bonds. The van der Waals surface area contributed by atoms with E-state index in [9.17, 15) is 9.90 Å². The van der Waals surface area contributed by atoms with Gasteiger partial charge in [0.05, 0.1) is 17.7 Å². The first-order valence-corrected chi connectivity index (χ1v) is 8.72. The molecule has 5 nitrogen and oxygen atoms in total. The Morgan fingerprint density at radius 1 is 1.33 bits per heavy atom. The number of aliphatic hydroxyl groups is 1. The highest BCUT2D eigenvalue weighted by Gasteiger charge is 2.43. The predicted octanol–water partition coefficient (Wildman–Crippen LogP) is 2.85. The molecular formula is C19H23N3O2. The van der Waals surface area contributed by atoms with Crippen molar-refractivity contribution in [2.75, 3.05) is 6.54 Å². The van der Waals surface area contributed by atoms with E-state index in [2.05, 4.69) is 10.3 Å². The number of likely N-dealkylation sites (tertiary alicyclic amines) is 1. The first-order chi connectivity index (χ1) is 11.6.